The normalized spacial score (nSPS) is 24.2. The van der Waals surface area contributed by atoms with Gasteiger partial charge in [0.15, 0.2) is 11.9 Å². The Morgan fingerprint density at radius 3 is 2.55 bits per heavy atom. The summed E-state index contributed by atoms with van der Waals surface area (Å²) >= 11 is 0. The Kier molecular flexibility index (Phi) is 6.89. The zero-order chi connectivity index (χ0) is 22.5. The number of rotatable bonds is 8. The van der Waals surface area contributed by atoms with Gasteiger partial charge < -0.3 is 19.3 Å². The zero-order valence-corrected chi connectivity index (χ0v) is 17.2. The van der Waals surface area contributed by atoms with Crippen molar-refractivity contribution in [2.75, 3.05) is 0 Å². The summed E-state index contributed by atoms with van der Waals surface area (Å²) in [6, 6.07) is 6.24. The highest BCUT2D eigenvalue weighted by molar-refractivity contribution is 5.93. The molecule has 3 rings (SSSR count). The summed E-state index contributed by atoms with van der Waals surface area (Å²) in [6.45, 7) is 2.76. The first-order chi connectivity index (χ1) is 14.7. The van der Waals surface area contributed by atoms with Crippen LogP contribution in [0.5, 0.6) is 5.75 Å². The SMILES string of the molecule is CC(=O)OC(C1CC=CC(=O)O1)C1CC1C(=O)C(C)OC(=O)/C=C\c1ccc(O)cc1. The van der Waals surface area contributed by atoms with Gasteiger partial charge in [0.25, 0.3) is 0 Å². The van der Waals surface area contributed by atoms with E-state index < -0.39 is 42.1 Å². The number of esters is 3. The first-order valence-corrected chi connectivity index (χ1v) is 10.0. The van der Waals surface area contributed by atoms with Gasteiger partial charge in [0.05, 0.1) is 0 Å². The van der Waals surface area contributed by atoms with E-state index >= 15 is 0 Å². The second-order valence-corrected chi connectivity index (χ2v) is 7.60. The molecule has 1 aromatic rings. The van der Waals surface area contributed by atoms with Crippen LogP contribution >= 0.6 is 0 Å². The molecular formula is C23H24O8. The third kappa shape index (κ3) is 6.04. The number of cyclic esters (lactones) is 1. The van der Waals surface area contributed by atoms with Gasteiger partial charge in [0.1, 0.15) is 18.0 Å². The largest absolute Gasteiger partial charge is 0.508 e. The topological polar surface area (TPSA) is 116 Å². The van der Waals surface area contributed by atoms with E-state index in [0.717, 1.165) is 0 Å². The van der Waals surface area contributed by atoms with E-state index in [-0.39, 0.29) is 17.5 Å². The highest BCUT2D eigenvalue weighted by Gasteiger charge is 2.53. The van der Waals surface area contributed by atoms with Gasteiger partial charge in [-0.05, 0) is 37.1 Å². The first-order valence-electron chi connectivity index (χ1n) is 10.0. The van der Waals surface area contributed by atoms with Crippen LogP contribution in [0.25, 0.3) is 6.08 Å². The summed E-state index contributed by atoms with van der Waals surface area (Å²) in [5.41, 5.74) is 0.691. The summed E-state index contributed by atoms with van der Waals surface area (Å²) < 4.78 is 15.8. The molecule has 5 unspecified atom stereocenters. The average molecular weight is 428 g/mol. The molecule has 0 radical (unpaired) electrons. The van der Waals surface area contributed by atoms with Gasteiger partial charge in [-0.1, -0.05) is 18.2 Å². The average Bonchev–Trinajstić information content (AvgIpc) is 3.51. The molecule has 0 amide bonds. The maximum absolute atomic E-state index is 12.7. The molecule has 0 saturated heterocycles. The molecule has 1 aliphatic carbocycles. The number of carbonyl (C=O) groups excluding carboxylic acids is 4. The number of hydrogen-bond donors (Lipinski definition) is 1. The number of phenolic OH excluding ortho intramolecular Hbond substituents is 1. The van der Waals surface area contributed by atoms with Crippen LogP contribution in [-0.4, -0.2) is 47.1 Å². The number of aromatic hydroxyl groups is 1. The number of benzene rings is 1. The Balaban J connectivity index is 1.56. The highest BCUT2D eigenvalue weighted by Crippen LogP contribution is 2.46. The lowest BCUT2D eigenvalue weighted by Gasteiger charge is -2.27. The summed E-state index contributed by atoms with van der Waals surface area (Å²) in [5, 5.41) is 9.27. The van der Waals surface area contributed by atoms with Crippen LogP contribution < -0.4 is 0 Å². The molecule has 1 aliphatic heterocycles. The molecule has 1 fully saturated rings. The third-order valence-electron chi connectivity index (χ3n) is 5.18. The minimum absolute atomic E-state index is 0.115. The maximum atomic E-state index is 12.7. The Labute approximate surface area is 179 Å². The van der Waals surface area contributed by atoms with Crippen molar-refractivity contribution in [2.45, 2.75) is 45.0 Å². The van der Waals surface area contributed by atoms with Gasteiger partial charge in [-0.3, -0.25) is 9.59 Å². The van der Waals surface area contributed by atoms with Crippen molar-refractivity contribution < 1.29 is 38.5 Å². The smallest absolute Gasteiger partial charge is 0.331 e. The lowest BCUT2D eigenvalue weighted by molar-refractivity contribution is -0.167. The van der Waals surface area contributed by atoms with Gasteiger partial charge in [0, 0.05) is 37.3 Å². The molecule has 8 nitrogen and oxygen atoms in total. The van der Waals surface area contributed by atoms with Crippen LogP contribution in [0.1, 0.15) is 32.3 Å². The second kappa shape index (κ2) is 9.59. The molecule has 164 valence electrons. The molecule has 1 saturated carbocycles. The lowest BCUT2D eigenvalue weighted by atomic mass is 10.0. The van der Waals surface area contributed by atoms with Crippen LogP contribution in [0.3, 0.4) is 0 Å². The predicted octanol–water partition coefficient (Wildman–Crippen LogP) is 2.35. The predicted molar refractivity (Wildman–Crippen MR) is 108 cm³/mol. The molecular weight excluding hydrogens is 404 g/mol. The minimum Gasteiger partial charge on any atom is -0.508 e. The number of ether oxygens (including phenoxy) is 3. The van der Waals surface area contributed by atoms with Crippen molar-refractivity contribution in [3.63, 3.8) is 0 Å². The van der Waals surface area contributed by atoms with Gasteiger partial charge >= 0.3 is 17.9 Å². The standard InChI is InChI=1S/C23H24O8/c1-13(29-21(27)11-8-15-6-9-16(25)10-7-15)22(28)17-12-18(17)23(30-14(2)24)19-4-3-5-20(26)31-19/h3,5-11,13,17-19,23,25H,4,12H2,1-2H3/b11-8-. The Morgan fingerprint density at radius 2 is 1.90 bits per heavy atom. The fraction of sp³-hybridized carbons (Fsp3) is 0.391. The Bertz CT molecular complexity index is 914. The van der Waals surface area contributed by atoms with E-state index in [2.05, 4.69) is 0 Å². The zero-order valence-electron chi connectivity index (χ0n) is 17.2. The fourth-order valence-corrected chi connectivity index (χ4v) is 3.59. The van der Waals surface area contributed by atoms with Crippen LogP contribution in [0, 0.1) is 11.8 Å². The van der Waals surface area contributed by atoms with Crippen molar-refractivity contribution in [3.8, 4) is 5.75 Å². The van der Waals surface area contributed by atoms with Gasteiger partial charge in [-0.15, -0.1) is 0 Å². The fourth-order valence-electron chi connectivity index (χ4n) is 3.59. The maximum Gasteiger partial charge on any atom is 0.331 e. The Morgan fingerprint density at radius 1 is 1.19 bits per heavy atom. The number of phenols is 1. The molecule has 5 atom stereocenters. The summed E-state index contributed by atoms with van der Waals surface area (Å²) in [6.07, 6.45) is 4.19. The third-order valence-corrected chi connectivity index (χ3v) is 5.18. The summed E-state index contributed by atoms with van der Waals surface area (Å²) in [7, 11) is 0. The molecule has 0 spiro atoms. The van der Waals surface area contributed by atoms with E-state index in [9.17, 15) is 24.3 Å². The van der Waals surface area contributed by atoms with E-state index in [4.69, 9.17) is 14.2 Å². The van der Waals surface area contributed by atoms with Crippen LogP contribution in [0.4, 0.5) is 0 Å². The van der Waals surface area contributed by atoms with Crippen LogP contribution in [0.2, 0.25) is 0 Å². The number of hydrogen-bond acceptors (Lipinski definition) is 8. The molecule has 2 aliphatic rings. The molecule has 31 heavy (non-hydrogen) atoms. The highest BCUT2D eigenvalue weighted by atomic mass is 16.6. The number of Topliss-reactive ketones (excluding diaryl/α,β-unsaturated/α-hetero) is 1. The summed E-state index contributed by atoms with van der Waals surface area (Å²) in [4.78, 5) is 47.8. The van der Waals surface area contributed by atoms with Crippen molar-refractivity contribution >= 4 is 29.8 Å². The van der Waals surface area contributed by atoms with Crippen molar-refractivity contribution in [1.29, 1.82) is 0 Å². The van der Waals surface area contributed by atoms with Crippen molar-refractivity contribution in [1.82, 2.24) is 0 Å². The van der Waals surface area contributed by atoms with E-state index in [1.54, 1.807) is 18.2 Å². The lowest BCUT2D eigenvalue weighted by Crippen LogP contribution is -2.38. The molecule has 1 N–H and O–H groups in total. The van der Waals surface area contributed by atoms with Crippen LogP contribution in [0.15, 0.2) is 42.5 Å². The van der Waals surface area contributed by atoms with Crippen molar-refractivity contribution in [3.05, 3.63) is 48.1 Å². The van der Waals surface area contributed by atoms with E-state index in [1.165, 1.54) is 44.2 Å². The monoisotopic (exact) mass is 428 g/mol. The quantitative estimate of drug-likeness (QED) is 0.381. The van der Waals surface area contributed by atoms with Gasteiger partial charge in [-0.25, -0.2) is 9.59 Å². The minimum atomic E-state index is -0.973. The first kappa shape index (κ1) is 22.3. The molecule has 8 heteroatoms. The molecule has 0 aromatic heterocycles. The van der Waals surface area contributed by atoms with Gasteiger partial charge in [-0.2, -0.15) is 0 Å². The van der Waals surface area contributed by atoms with E-state index in [1.807, 2.05) is 0 Å². The van der Waals surface area contributed by atoms with Crippen molar-refractivity contribution in [2.24, 2.45) is 11.8 Å². The Hall–Kier alpha value is -3.42. The summed E-state index contributed by atoms with van der Waals surface area (Å²) in [5.74, 6) is -2.61. The number of ketones is 1. The van der Waals surface area contributed by atoms with E-state index in [0.29, 0.717) is 18.4 Å². The van der Waals surface area contributed by atoms with Gasteiger partial charge in [0.2, 0.25) is 0 Å². The number of carbonyl (C=O) groups is 4. The second-order valence-electron chi connectivity index (χ2n) is 7.60. The molecule has 1 aromatic carbocycles. The molecule has 1 heterocycles. The van der Waals surface area contributed by atoms with Crippen LogP contribution in [-0.2, 0) is 33.4 Å². The molecule has 0 bridgehead atoms.